The predicted molar refractivity (Wildman–Crippen MR) is 339 cm³/mol. The first-order valence-corrected chi connectivity index (χ1v) is 31.2. The highest BCUT2D eigenvalue weighted by Crippen LogP contribution is 2.20. The summed E-state index contributed by atoms with van der Waals surface area (Å²) in [6.07, 6.45) is 4.93. The van der Waals surface area contributed by atoms with Crippen molar-refractivity contribution < 1.29 is 66.9 Å². The van der Waals surface area contributed by atoms with E-state index in [1.54, 1.807) is 36.5 Å². The van der Waals surface area contributed by atoms with Gasteiger partial charge in [-0.3, -0.25) is 52.9 Å². The molecule has 3 aromatic rings. The highest BCUT2D eigenvalue weighted by Gasteiger charge is 2.34. The highest BCUT2D eigenvalue weighted by atomic mass is 16.5. The van der Waals surface area contributed by atoms with Gasteiger partial charge in [-0.1, -0.05) is 74.7 Å². The number of unbranched alkanes of at least 4 members (excludes halogenated alkanes) is 3. The Morgan fingerprint density at radius 3 is 2.00 bits per heavy atom. The van der Waals surface area contributed by atoms with Gasteiger partial charge in [0.2, 0.25) is 59.1 Å². The van der Waals surface area contributed by atoms with Crippen molar-refractivity contribution in [3.05, 3.63) is 71.9 Å². The molecule has 1 aromatic heterocycles. The summed E-state index contributed by atoms with van der Waals surface area (Å²) in [7, 11) is 0. The van der Waals surface area contributed by atoms with Crippen molar-refractivity contribution in [3.63, 3.8) is 0 Å². The quantitative estimate of drug-likeness (QED) is 0.0166. The number of ether oxygens (including phenoxy) is 4. The minimum Gasteiger partial charge on any atom is -0.378 e. The van der Waals surface area contributed by atoms with E-state index in [2.05, 4.69) is 57.8 Å². The molecule has 7 atom stereocenters. The Balaban J connectivity index is 1.56. The SMILES string of the molecule is CCCCC[C@H](NC(=O)COCCOCCNC(=O)COCCOCCN)C(=O)N[C@H]1CCC(=O)NCCCC[C@@H](C(N)=O)NC(=O)[C@H](CCc2c[nH]c3ccccc23)NC(=O)[C@H](CCCCN=C(N)N)NC(=O)[C@@H](Cc2ccccc2)NC(=O)[C@H](CN)NC1=O. The van der Waals surface area contributed by atoms with Crippen LogP contribution in [0.4, 0.5) is 0 Å². The van der Waals surface area contributed by atoms with E-state index in [9.17, 15) is 47.9 Å². The number of aromatic nitrogens is 1. The fraction of sp³-hybridized carbons (Fsp3) is 0.590. The monoisotopic (exact) mass is 1280 g/mol. The van der Waals surface area contributed by atoms with Gasteiger partial charge in [0.1, 0.15) is 55.5 Å². The number of aryl methyl sites for hydroxylation is 1. The summed E-state index contributed by atoms with van der Waals surface area (Å²) in [5, 5.41) is 25.3. The van der Waals surface area contributed by atoms with E-state index in [0.29, 0.717) is 63.8 Å². The van der Waals surface area contributed by atoms with Crippen molar-refractivity contribution in [1.82, 2.24) is 52.8 Å². The molecule has 2 aromatic carbocycles. The average molecular weight is 1280 g/mol. The number of rotatable bonds is 34. The van der Waals surface area contributed by atoms with Gasteiger partial charge in [0.05, 0.1) is 39.6 Å². The predicted octanol–water partition coefficient (Wildman–Crippen LogP) is -2.57. The number of nitrogens with two attached hydrogens (primary N) is 5. The maximum Gasteiger partial charge on any atom is 0.246 e. The fourth-order valence-corrected chi connectivity index (χ4v) is 9.66. The lowest BCUT2D eigenvalue weighted by Crippen LogP contribution is -2.61. The van der Waals surface area contributed by atoms with Crippen LogP contribution < -0.4 is 76.5 Å². The molecule has 1 fully saturated rings. The van der Waals surface area contributed by atoms with E-state index in [1.807, 2.05) is 31.2 Å². The minimum atomic E-state index is -1.52. The van der Waals surface area contributed by atoms with Gasteiger partial charge in [0, 0.05) is 62.7 Å². The molecule has 30 heteroatoms. The zero-order valence-electron chi connectivity index (χ0n) is 52.2. The Bertz CT molecular complexity index is 2790. The highest BCUT2D eigenvalue weighted by molar-refractivity contribution is 5.98. The second-order valence-corrected chi connectivity index (χ2v) is 21.9. The lowest BCUT2D eigenvalue weighted by molar-refractivity contribution is -0.136. The molecule has 2 heterocycles. The molecule has 20 N–H and O–H groups in total. The Morgan fingerprint density at radius 2 is 1.30 bits per heavy atom. The Kier molecular flexibility index (Phi) is 35.9. The first-order valence-electron chi connectivity index (χ1n) is 31.2. The third kappa shape index (κ3) is 29.9. The minimum absolute atomic E-state index is 0.00107. The molecule has 1 aliphatic heterocycles. The van der Waals surface area contributed by atoms with E-state index >= 15 is 0 Å². The van der Waals surface area contributed by atoms with Crippen LogP contribution in [0.3, 0.4) is 0 Å². The first kappa shape index (κ1) is 75.2. The Morgan fingerprint density at radius 1 is 0.659 bits per heavy atom. The number of fused-ring (bicyclic) bond motifs is 1. The molecule has 0 aliphatic carbocycles. The van der Waals surface area contributed by atoms with Crippen molar-refractivity contribution in [3.8, 4) is 0 Å². The maximum atomic E-state index is 14.7. The average Bonchev–Trinajstić information content (AvgIpc) is 1.96. The summed E-state index contributed by atoms with van der Waals surface area (Å²) in [6, 6.07) is 6.86. The number of H-pyrrole nitrogens is 1. The number of carbonyl (C=O) groups excluding carboxylic acids is 10. The number of hydrogen-bond donors (Lipinski definition) is 15. The number of benzene rings is 2. The maximum absolute atomic E-state index is 14.7. The molecular formula is C61H96N16O14. The molecule has 10 amide bonds. The van der Waals surface area contributed by atoms with Crippen molar-refractivity contribution in [2.24, 2.45) is 33.7 Å². The van der Waals surface area contributed by atoms with E-state index in [-0.39, 0.29) is 116 Å². The smallest absolute Gasteiger partial charge is 0.246 e. The summed E-state index contributed by atoms with van der Waals surface area (Å²) in [5.74, 6) is -7.38. The standard InChI is InChI=1S/C61H96N16O14/c1-2-3-5-19-45(71-53(80)39-91-34-32-89-30-28-68-52(79)38-90-33-31-88-29-25-62)55(82)75-48-23-24-51(78)67-26-12-10-18-44(54(64)81)72-57(84)47(22-21-41-37-70-43-17-9-8-16-42(41)43)74-56(83)46(20-11-13-27-69-61(65)66)73-59(86)49(35-40-14-6-4-7-15-40)76-60(87)50(36-63)77-58(48)85/h4,6-9,14-17,37,44-50,70H,2-3,5,10-13,18-36,38-39,62-63H2,1H3,(H2,64,81)(H,67,78)(H,68,79)(H,71,80)(H,72,84)(H,73,86)(H,74,83)(H,75,82)(H,76,87)(H,77,85)(H4,65,66,69)/t44-,45-,46-,47-,48-,49+,50-/m0/s1. The van der Waals surface area contributed by atoms with Crippen LogP contribution in [0.2, 0.25) is 0 Å². The third-order valence-corrected chi connectivity index (χ3v) is 14.6. The normalized spacial score (nSPS) is 19.6. The zero-order valence-corrected chi connectivity index (χ0v) is 52.2. The van der Waals surface area contributed by atoms with Crippen LogP contribution in [0.15, 0.2) is 65.8 Å². The molecule has 0 unspecified atom stereocenters. The van der Waals surface area contributed by atoms with Crippen molar-refractivity contribution in [2.45, 2.75) is 146 Å². The van der Waals surface area contributed by atoms with Crippen LogP contribution in [-0.4, -0.2) is 198 Å². The molecule has 0 saturated carbocycles. The van der Waals surface area contributed by atoms with Gasteiger partial charge in [-0.25, -0.2) is 0 Å². The van der Waals surface area contributed by atoms with Gasteiger partial charge in [0.15, 0.2) is 5.96 Å². The summed E-state index contributed by atoms with van der Waals surface area (Å²) in [6.45, 7) is 2.92. The Hall–Kier alpha value is -8.29. The molecule has 0 bridgehead atoms. The molecular weight excluding hydrogens is 1180 g/mol. The molecule has 91 heavy (non-hydrogen) atoms. The van der Waals surface area contributed by atoms with E-state index in [4.69, 9.17) is 47.6 Å². The lowest BCUT2D eigenvalue weighted by atomic mass is 10.0. The van der Waals surface area contributed by atoms with Crippen LogP contribution in [0.1, 0.15) is 102 Å². The third-order valence-electron chi connectivity index (χ3n) is 14.6. The van der Waals surface area contributed by atoms with Crippen LogP contribution in [0, 0.1) is 0 Å². The summed E-state index contributed by atoms with van der Waals surface area (Å²) in [5.41, 5.74) is 30.8. The molecule has 4 rings (SSSR count). The Labute approximate surface area is 530 Å². The largest absolute Gasteiger partial charge is 0.378 e. The van der Waals surface area contributed by atoms with Crippen molar-refractivity contribution in [2.75, 3.05) is 85.6 Å². The number of carbonyl (C=O) groups is 10. The number of nitrogens with one attached hydrogen (secondary N) is 10. The molecule has 30 nitrogen and oxygen atoms in total. The van der Waals surface area contributed by atoms with E-state index in [0.717, 1.165) is 22.9 Å². The number of primary amides is 1. The van der Waals surface area contributed by atoms with Gasteiger partial charge < -0.3 is 100 Å². The zero-order chi connectivity index (χ0) is 66.2. The first-order chi connectivity index (χ1) is 43.9. The number of hydrogen-bond acceptors (Lipinski definition) is 17. The lowest BCUT2D eigenvalue weighted by Gasteiger charge is -2.28. The number of amides is 10. The summed E-state index contributed by atoms with van der Waals surface area (Å²) < 4.78 is 21.4. The number of nitrogens with zero attached hydrogens (tertiary/aromatic N) is 1. The number of para-hydroxylation sites is 1. The van der Waals surface area contributed by atoms with Crippen LogP contribution in [0.5, 0.6) is 0 Å². The van der Waals surface area contributed by atoms with E-state index < -0.39 is 109 Å². The summed E-state index contributed by atoms with van der Waals surface area (Å²) >= 11 is 0. The van der Waals surface area contributed by atoms with Crippen molar-refractivity contribution in [1.29, 1.82) is 0 Å². The number of aromatic amines is 1. The van der Waals surface area contributed by atoms with Gasteiger partial charge >= 0.3 is 0 Å². The molecule has 0 radical (unpaired) electrons. The van der Waals surface area contributed by atoms with Gasteiger partial charge in [-0.15, -0.1) is 0 Å². The van der Waals surface area contributed by atoms with Gasteiger partial charge in [-0.05, 0) is 81.4 Å². The second-order valence-electron chi connectivity index (χ2n) is 21.9. The van der Waals surface area contributed by atoms with Crippen LogP contribution >= 0.6 is 0 Å². The molecule has 1 saturated heterocycles. The van der Waals surface area contributed by atoms with Gasteiger partial charge in [-0.2, -0.15) is 0 Å². The fourth-order valence-electron chi connectivity index (χ4n) is 9.66. The van der Waals surface area contributed by atoms with Crippen LogP contribution in [-0.2, 0) is 79.7 Å². The van der Waals surface area contributed by atoms with E-state index in [1.165, 1.54) is 0 Å². The van der Waals surface area contributed by atoms with Crippen molar-refractivity contribution >= 4 is 75.9 Å². The molecule has 504 valence electrons. The molecule has 0 spiro atoms. The van der Waals surface area contributed by atoms with Crippen LogP contribution in [0.25, 0.3) is 10.9 Å². The number of aliphatic imine (C=N–C) groups is 1. The summed E-state index contributed by atoms with van der Waals surface area (Å²) in [4.78, 5) is 146. The second kappa shape index (κ2) is 43.4. The van der Waals surface area contributed by atoms with Gasteiger partial charge in [0.25, 0.3) is 0 Å². The number of guanidine groups is 1. The topological polar surface area (TPSA) is 474 Å². The molecule has 1 aliphatic rings.